The molecule has 0 heterocycles. The first-order valence-electron chi connectivity index (χ1n) is 7.28. The molecule has 0 bridgehead atoms. The van der Waals surface area contributed by atoms with E-state index in [4.69, 9.17) is 15.3 Å². The molecular weight excluding hydrogens is 372 g/mol. The van der Waals surface area contributed by atoms with Crippen LogP contribution in [0.1, 0.15) is 16.7 Å². The van der Waals surface area contributed by atoms with E-state index in [1.807, 2.05) is 42.7 Å². The number of benzene rings is 2. The van der Waals surface area contributed by atoms with Crippen LogP contribution in [0.3, 0.4) is 0 Å². The molecule has 0 saturated carbocycles. The maximum absolute atomic E-state index is 11.2. The molecule has 0 spiro atoms. The molecule has 0 aliphatic rings. The molecule has 0 aromatic heterocycles. The Hall–Kier alpha value is -2.31. The number of carbonyl (C=O) groups is 1. The number of hydrazine groups is 1. The molecule has 0 aliphatic carbocycles. The molecule has 0 atom stereocenters. The van der Waals surface area contributed by atoms with Crippen molar-refractivity contribution in [1.82, 2.24) is 5.43 Å². The molecule has 5 nitrogen and oxygen atoms in total. The quantitative estimate of drug-likeness (QED) is 0.343. The zero-order valence-corrected chi connectivity index (χ0v) is 15.1. The van der Waals surface area contributed by atoms with Gasteiger partial charge in [-0.25, -0.2) is 5.84 Å². The van der Waals surface area contributed by atoms with Gasteiger partial charge in [-0.05, 0) is 52.2 Å². The number of carbonyl (C=O) groups excluding carboxylic acids is 1. The van der Waals surface area contributed by atoms with Crippen molar-refractivity contribution in [1.29, 1.82) is 0 Å². The van der Waals surface area contributed by atoms with Crippen LogP contribution in [0.15, 0.2) is 46.9 Å². The second-order valence-corrected chi connectivity index (χ2v) is 6.00. The predicted molar refractivity (Wildman–Crippen MR) is 97.6 cm³/mol. The SMILES string of the molecule is COc1cc(/C=C/C(=O)NN)cc(Br)c1OCc1ccc(C)cc1. The van der Waals surface area contributed by atoms with E-state index in [0.717, 1.165) is 15.6 Å². The van der Waals surface area contributed by atoms with Gasteiger partial charge in [-0.3, -0.25) is 10.2 Å². The van der Waals surface area contributed by atoms with Gasteiger partial charge in [0.2, 0.25) is 0 Å². The normalized spacial score (nSPS) is 10.7. The van der Waals surface area contributed by atoms with E-state index >= 15 is 0 Å². The number of aryl methyl sites for hydroxylation is 1. The lowest BCUT2D eigenvalue weighted by molar-refractivity contribution is -0.116. The minimum absolute atomic E-state index is 0.384. The molecule has 2 aromatic rings. The zero-order valence-electron chi connectivity index (χ0n) is 13.5. The summed E-state index contributed by atoms with van der Waals surface area (Å²) in [6.45, 7) is 2.47. The van der Waals surface area contributed by atoms with Crippen molar-refractivity contribution in [2.45, 2.75) is 13.5 Å². The number of amides is 1. The van der Waals surface area contributed by atoms with E-state index in [1.165, 1.54) is 11.6 Å². The van der Waals surface area contributed by atoms with Crippen LogP contribution in [0.4, 0.5) is 0 Å². The molecule has 3 N–H and O–H groups in total. The second kappa shape index (κ2) is 8.52. The molecule has 0 aliphatic heterocycles. The summed E-state index contributed by atoms with van der Waals surface area (Å²) in [7, 11) is 1.57. The van der Waals surface area contributed by atoms with Gasteiger partial charge in [-0.1, -0.05) is 29.8 Å². The first kappa shape index (κ1) is 18.0. The average Bonchev–Trinajstić information content (AvgIpc) is 2.59. The summed E-state index contributed by atoms with van der Waals surface area (Å²) >= 11 is 3.48. The van der Waals surface area contributed by atoms with Crippen molar-refractivity contribution in [3.8, 4) is 11.5 Å². The fraction of sp³-hybridized carbons (Fsp3) is 0.167. The number of rotatable bonds is 6. The minimum Gasteiger partial charge on any atom is -0.493 e. The number of hydrogen-bond acceptors (Lipinski definition) is 4. The number of methoxy groups -OCH3 is 1. The van der Waals surface area contributed by atoms with E-state index in [0.29, 0.717) is 18.1 Å². The Bertz CT molecular complexity index is 743. The molecular formula is C18H19BrN2O3. The smallest absolute Gasteiger partial charge is 0.257 e. The third-order valence-corrected chi connectivity index (χ3v) is 3.91. The number of hydrogen-bond donors (Lipinski definition) is 2. The van der Waals surface area contributed by atoms with Gasteiger partial charge in [0.25, 0.3) is 5.91 Å². The summed E-state index contributed by atoms with van der Waals surface area (Å²) in [6, 6.07) is 11.8. The van der Waals surface area contributed by atoms with Crippen molar-refractivity contribution in [2.75, 3.05) is 7.11 Å². The summed E-state index contributed by atoms with van der Waals surface area (Å²) in [5.41, 5.74) is 5.09. The Kier molecular flexibility index (Phi) is 6.40. The lowest BCUT2D eigenvalue weighted by Gasteiger charge is -2.14. The molecule has 0 saturated heterocycles. The lowest BCUT2D eigenvalue weighted by Crippen LogP contribution is -2.27. The Morgan fingerprint density at radius 1 is 1.29 bits per heavy atom. The van der Waals surface area contributed by atoms with Gasteiger partial charge < -0.3 is 9.47 Å². The van der Waals surface area contributed by atoms with E-state index < -0.39 is 0 Å². The van der Waals surface area contributed by atoms with Gasteiger partial charge in [-0.2, -0.15) is 0 Å². The number of nitrogens with two attached hydrogens (primary N) is 1. The van der Waals surface area contributed by atoms with E-state index in [9.17, 15) is 4.79 Å². The summed E-state index contributed by atoms with van der Waals surface area (Å²) in [5.74, 6) is 5.84. The van der Waals surface area contributed by atoms with Crippen LogP contribution in [0.25, 0.3) is 6.08 Å². The fourth-order valence-corrected chi connectivity index (χ4v) is 2.61. The first-order valence-corrected chi connectivity index (χ1v) is 8.07. The number of halogens is 1. The van der Waals surface area contributed by atoms with Crippen LogP contribution in [0, 0.1) is 6.92 Å². The molecule has 2 aromatic carbocycles. The van der Waals surface area contributed by atoms with Gasteiger partial charge in [0.1, 0.15) is 6.61 Å². The highest BCUT2D eigenvalue weighted by molar-refractivity contribution is 9.10. The van der Waals surface area contributed by atoms with Crippen LogP contribution in [0.5, 0.6) is 11.5 Å². The summed E-state index contributed by atoms with van der Waals surface area (Å²) in [6.07, 6.45) is 2.98. The van der Waals surface area contributed by atoms with Crippen molar-refractivity contribution in [2.24, 2.45) is 5.84 Å². The standard InChI is InChI=1S/C18H19BrN2O3/c1-12-3-5-13(6-4-12)11-24-18-15(19)9-14(10-16(18)23-2)7-8-17(22)21-20/h3-10H,11,20H2,1-2H3,(H,21,22)/b8-7+. The van der Waals surface area contributed by atoms with Crippen molar-refractivity contribution >= 4 is 27.9 Å². The fourth-order valence-electron chi connectivity index (χ4n) is 2.04. The monoisotopic (exact) mass is 390 g/mol. The molecule has 126 valence electrons. The van der Waals surface area contributed by atoms with Gasteiger partial charge in [0.05, 0.1) is 11.6 Å². The highest BCUT2D eigenvalue weighted by Gasteiger charge is 2.11. The zero-order chi connectivity index (χ0) is 17.5. The third kappa shape index (κ3) is 4.84. The summed E-state index contributed by atoms with van der Waals surface area (Å²) < 4.78 is 12.0. The van der Waals surface area contributed by atoms with Crippen molar-refractivity contribution in [3.63, 3.8) is 0 Å². The van der Waals surface area contributed by atoms with Crippen LogP contribution in [-0.2, 0) is 11.4 Å². The van der Waals surface area contributed by atoms with E-state index in [-0.39, 0.29) is 5.91 Å². The van der Waals surface area contributed by atoms with Gasteiger partial charge in [0.15, 0.2) is 11.5 Å². The highest BCUT2D eigenvalue weighted by Crippen LogP contribution is 2.37. The van der Waals surface area contributed by atoms with Crippen LogP contribution in [0.2, 0.25) is 0 Å². The van der Waals surface area contributed by atoms with Gasteiger partial charge in [0, 0.05) is 6.08 Å². The van der Waals surface area contributed by atoms with Crippen LogP contribution < -0.4 is 20.7 Å². The molecule has 0 radical (unpaired) electrons. The number of ether oxygens (including phenoxy) is 2. The van der Waals surface area contributed by atoms with Crippen LogP contribution >= 0.6 is 15.9 Å². The maximum Gasteiger partial charge on any atom is 0.257 e. The Balaban J connectivity index is 2.18. The maximum atomic E-state index is 11.2. The molecule has 24 heavy (non-hydrogen) atoms. The summed E-state index contributed by atoms with van der Waals surface area (Å²) in [5, 5.41) is 0. The Morgan fingerprint density at radius 3 is 2.62 bits per heavy atom. The lowest BCUT2D eigenvalue weighted by atomic mass is 10.1. The molecule has 2 rings (SSSR count). The van der Waals surface area contributed by atoms with Gasteiger partial charge in [-0.15, -0.1) is 0 Å². The minimum atomic E-state index is -0.384. The largest absolute Gasteiger partial charge is 0.493 e. The molecule has 1 amide bonds. The van der Waals surface area contributed by atoms with Crippen LogP contribution in [-0.4, -0.2) is 13.0 Å². The number of nitrogens with one attached hydrogen (secondary N) is 1. The predicted octanol–water partition coefficient (Wildman–Crippen LogP) is 3.35. The van der Waals surface area contributed by atoms with E-state index in [1.54, 1.807) is 19.3 Å². The second-order valence-electron chi connectivity index (χ2n) is 5.15. The topological polar surface area (TPSA) is 73.6 Å². The molecule has 6 heteroatoms. The average molecular weight is 391 g/mol. The molecule has 0 fully saturated rings. The molecule has 0 unspecified atom stereocenters. The van der Waals surface area contributed by atoms with Crippen molar-refractivity contribution in [3.05, 3.63) is 63.6 Å². The van der Waals surface area contributed by atoms with Crippen molar-refractivity contribution < 1.29 is 14.3 Å². The van der Waals surface area contributed by atoms with Gasteiger partial charge >= 0.3 is 0 Å². The highest BCUT2D eigenvalue weighted by atomic mass is 79.9. The first-order chi connectivity index (χ1) is 11.5. The Labute approximate surface area is 149 Å². The summed E-state index contributed by atoms with van der Waals surface area (Å²) in [4.78, 5) is 11.2. The Morgan fingerprint density at radius 2 is 2.00 bits per heavy atom. The third-order valence-electron chi connectivity index (χ3n) is 3.32. The van der Waals surface area contributed by atoms with E-state index in [2.05, 4.69) is 15.9 Å².